The monoisotopic (exact) mass is 237 g/mol. The predicted octanol–water partition coefficient (Wildman–Crippen LogP) is -0.0223. The van der Waals surface area contributed by atoms with Gasteiger partial charge in [0.25, 0.3) is 0 Å². The van der Waals surface area contributed by atoms with Gasteiger partial charge >= 0.3 is 0 Å². The molecular formula is C12H23N5. The van der Waals surface area contributed by atoms with E-state index in [1.807, 2.05) is 6.33 Å². The number of imidazole rings is 1. The van der Waals surface area contributed by atoms with Gasteiger partial charge in [0, 0.05) is 45.0 Å². The Kier molecular flexibility index (Phi) is 4.15. The number of nitrogens with zero attached hydrogens (tertiary/aromatic N) is 4. The fourth-order valence-electron chi connectivity index (χ4n) is 2.37. The summed E-state index contributed by atoms with van der Waals surface area (Å²) in [7, 11) is 4.31. The van der Waals surface area contributed by atoms with Crippen LogP contribution in [0.25, 0.3) is 0 Å². The Hall–Kier alpha value is -0.910. The van der Waals surface area contributed by atoms with E-state index in [4.69, 9.17) is 5.73 Å². The molecule has 1 aromatic heterocycles. The van der Waals surface area contributed by atoms with Gasteiger partial charge in [0.15, 0.2) is 0 Å². The lowest BCUT2D eigenvalue weighted by molar-refractivity contribution is 0.263. The van der Waals surface area contributed by atoms with E-state index in [0.29, 0.717) is 12.6 Å². The van der Waals surface area contributed by atoms with Crippen LogP contribution < -0.4 is 5.73 Å². The normalized spacial score (nSPS) is 21.5. The Bertz CT molecular complexity index is 346. The van der Waals surface area contributed by atoms with Gasteiger partial charge in [0.2, 0.25) is 0 Å². The van der Waals surface area contributed by atoms with Crippen LogP contribution in [0.15, 0.2) is 12.5 Å². The zero-order valence-electron chi connectivity index (χ0n) is 10.8. The maximum Gasteiger partial charge on any atom is 0.0950 e. The first-order valence-electron chi connectivity index (χ1n) is 6.28. The molecule has 0 radical (unpaired) electrons. The maximum absolute atomic E-state index is 5.52. The molecule has 96 valence electrons. The summed E-state index contributed by atoms with van der Waals surface area (Å²) in [6, 6.07) is 0.695. The number of likely N-dealkylation sites (N-methyl/N-ethyl adjacent to an activating group) is 1. The molecule has 2 heterocycles. The van der Waals surface area contributed by atoms with E-state index in [1.54, 1.807) is 0 Å². The summed E-state index contributed by atoms with van der Waals surface area (Å²) in [5, 5.41) is 0. The molecular weight excluding hydrogens is 214 g/mol. The van der Waals surface area contributed by atoms with Crippen LogP contribution in [0.5, 0.6) is 0 Å². The summed E-state index contributed by atoms with van der Waals surface area (Å²) in [4.78, 5) is 9.20. The summed E-state index contributed by atoms with van der Waals surface area (Å²) in [5.74, 6) is 0. The summed E-state index contributed by atoms with van der Waals surface area (Å²) in [6.07, 6.45) is 5.24. The second-order valence-corrected chi connectivity index (χ2v) is 5.03. The topological polar surface area (TPSA) is 50.3 Å². The minimum absolute atomic E-state index is 0.669. The third kappa shape index (κ3) is 3.28. The highest BCUT2D eigenvalue weighted by atomic mass is 15.2. The fraction of sp³-hybridized carbons (Fsp3) is 0.750. The summed E-state index contributed by atoms with van der Waals surface area (Å²) in [6.45, 7) is 4.81. The summed E-state index contributed by atoms with van der Waals surface area (Å²) in [5.41, 5.74) is 6.67. The van der Waals surface area contributed by atoms with Crippen LogP contribution in [0.1, 0.15) is 12.1 Å². The quantitative estimate of drug-likeness (QED) is 0.782. The maximum atomic E-state index is 5.52. The summed E-state index contributed by atoms with van der Waals surface area (Å²) < 4.78 is 2.06. The molecule has 1 atom stereocenters. The van der Waals surface area contributed by atoms with Crippen molar-refractivity contribution in [1.29, 1.82) is 0 Å². The molecule has 0 bridgehead atoms. The van der Waals surface area contributed by atoms with Crippen molar-refractivity contribution in [2.45, 2.75) is 25.6 Å². The van der Waals surface area contributed by atoms with E-state index in [1.165, 1.54) is 13.0 Å². The Balaban J connectivity index is 1.84. The lowest BCUT2D eigenvalue weighted by atomic mass is 10.2. The zero-order valence-corrected chi connectivity index (χ0v) is 10.8. The number of likely N-dealkylation sites (tertiary alicyclic amines) is 1. The molecule has 1 unspecified atom stereocenters. The highest BCUT2D eigenvalue weighted by Gasteiger charge is 2.24. The van der Waals surface area contributed by atoms with Gasteiger partial charge in [-0.2, -0.15) is 0 Å². The number of rotatable bonds is 5. The predicted molar refractivity (Wildman–Crippen MR) is 68.7 cm³/mol. The molecule has 2 N–H and O–H groups in total. The molecule has 1 saturated heterocycles. The Morgan fingerprint density at radius 1 is 1.53 bits per heavy atom. The van der Waals surface area contributed by atoms with Gasteiger partial charge in [-0.25, -0.2) is 4.98 Å². The van der Waals surface area contributed by atoms with Crippen LogP contribution in [-0.4, -0.2) is 59.1 Å². The first kappa shape index (κ1) is 12.5. The van der Waals surface area contributed by atoms with Crippen molar-refractivity contribution in [3.63, 3.8) is 0 Å². The van der Waals surface area contributed by atoms with E-state index < -0.39 is 0 Å². The second kappa shape index (κ2) is 5.62. The molecule has 5 heteroatoms. The van der Waals surface area contributed by atoms with Crippen LogP contribution in [0.4, 0.5) is 0 Å². The second-order valence-electron chi connectivity index (χ2n) is 5.03. The molecule has 17 heavy (non-hydrogen) atoms. The molecule has 2 rings (SSSR count). The minimum Gasteiger partial charge on any atom is -0.336 e. The first-order valence-corrected chi connectivity index (χ1v) is 6.28. The number of nitrogens with two attached hydrogens (primary N) is 1. The first-order chi connectivity index (χ1) is 8.19. The van der Waals surface area contributed by atoms with Crippen molar-refractivity contribution < 1.29 is 0 Å². The minimum atomic E-state index is 0.669. The van der Waals surface area contributed by atoms with Gasteiger partial charge in [-0.1, -0.05) is 0 Å². The fourth-order valence-corrected chi connectivity index (χ4v) is 2.37. The van der Waals surface area contributed by atoms with Crippen molar-refractivity contribution in [3.8, 4) is 0 Å². The smallest absolute Gasteiger partial charge is 0.0950 e. The van der Waals surface area contributed by atoms with Crippen LogP contribution in [0, 0.1) is 0 Å². The van der Waals surface area contributed by atoms with Crippen molar-refractivity contribution in [1.82, 2.24) is 19.4 Å². The molecule has 1 aliphatic rings. The van der Waals surface area contributed by atoms with Crippen LogP contribution in [-0.2, 0) is 13.1 Å². The highest BCUT2D eigenvalue weighted by molar-refractivity contribution is 4.98. The highest BCUT2D eigenvalue weighted by Crippen LogP contribution is 2.15. The van der Waals surface area contributed by atoms with E-state index in [-0.39, 0.29) is 0 Å². The molecule has 1 aliphatic heterocycles. The standard InChI is InChI=1S/C12H23N5/c1-15(2)12-3-5-16(9-12)7-11-8-17(6-4-13)10-14-11/h8,10,12H,3-7,9,13H2,1-2H3. The molecule has 0 spiro atoms. The van der Waals surface area contributed by atoms with Gasteiger partial charge < -0.3 is 15.2 Å². The van der Waals surface area contributed by atoms with Crippen LogP contribution in [0.2, 0.25) is 0 Å². The van der Waals surface area contributed by atoms with E-state index in [2.05, 4.69) is 39.6 Å². The molecule has 1 aromatic rings. The lowest BCUT2D eigenvalue weighted by Crippen LogP contribution is -2.31. The summed E-state index contributed by atoms with van der Waals surface area (Å²) >= 11 is 0. The zero-order chi connectivity index (χ0) is 12.3. The van der Waals surface area contributed by atoms with Gasteiger partial charge in [-0.15, -0.1) is 0 Å². The lowest BCUT2D eigenvalue weighted by Gasteiger charge is -2.19. The van der Waals surface area contributed by atoms with E-state index in [0.717, 1.165) is 25.3 Å². The van der Waals surface area contributed by atoms with Gasteiger partial charge in [0.1, 0.15) is 0 Å². The third-order valence-electron chi connectivity index (χ3n) is 3.44. The number of hydrogen-bond donors (Lipinski definition) is 1. The molecule has 0 saturated carbocycles. The average Bonchev–Trinajstić information content (AvgIpc) is 2.89. The third-order valence-corrected chi connectivity index (χ3v) is 3.44. The van der Waals surface area contributed by atoms with Gasteiger partial charge in [0.05, 0.1) is 12.0 Å². The van der Waals surface area contributed by atoms with Crippen molar-refractivity contribution in [2.24, 2.45) is 5.73 Å². The molecule has 0 aromatic carbocycles. The number of hydrogen-bond acceptors (Lipinski definition) is 4. The van der Waals surface area contributed by atoms with Gasteiger partial charge in [-0.3, -0.25) is 4.90 Å². The van der Waals surface area contributed by atoms with Gasteiger partial charge in [-0.05, 0) is 20.5 Å². The average molecular weight is 237 g/mol. The SMILES string of the molecule is CN(C)C1CCN(Cc2cn(CCN)cn2)C1. The van der Waals surface area contributed by atoms with Crippen LogP contribution >= 0.6 is 0 Å². The molecule has 1 fully saturated rings. The van der Waals surface area contributed by atoms with Crippen molar-refractivity contribution >= 4 is 0 Å². The number of aromatic nitrogens is 2. The van der Waals surface area contributed by atoms with E-state index >= 15 is 0 Å². The molecule has 5 nitrogen and oxygen atoms in total. The van der Waals surface area contributed by atoms with E-state index in [9.17, 15) is 0 Å². The largest absolute Gasteiger partial charge is 0.336 e. The molecule has 0 amide bonds. The van der Waals surface area contributed by atoms with Crippen LogP contribution in [0.3, 0.4) is 0 Å². The Morgan fingerprint density at radius 2 is 2.35 bits per heavy atom. The van der Waals surface area contributed by atoms with Crippen molar-refractivity contribution in [2.75, 3.05) is 33.7 Å². The molecule has 0 aliphatic carbocycles. The Morgan fingerprint density at radius 3 is 3.00 bits per heavy atom. The van der Waals surface area contributed by atoms with Crippen molar-refractivity contribution in [3.05, 3.63) is 18.2 Å². The Labute approximate surface area is 103 Å².